The van der Waals surface area contributed by atoms with Gasteiger partial charge in [0.25, 0.3) is 0 Å². The van der Waals surface area contributed by atoms with E-state index >= 15 is 0 Å². The van der Waals surface area contributed by atoms with E-state index in [4.69, 9.17) is 0 Å². The lowest BCUT2D eigenvalue weighted by Gasteiger charge is -2.43. The molecule has 0 radical (unpaired) electrons. The van der Waals surface area contributed by atoms with E-state index in [9.17, 15) is 13.6 Å². The Bertz CT molecular complexity index is 983. The number of aryl methyl sites for hydroxylation is 1. The van der Waals surface area contributed by atoms with Gasteiger partial charge in [-0.3, -0.25) is 9.69 Å². The molecule has 6 heteroatoms. The molecule has 5 rings (SSSR count). The van der Waals surface area contributed by atoms with Crippen LogP contribution in [0.2, 0.25) is 0 Å². The van der Waals surface area contributed by atoms with Gasteiger partial charge in [-0.25, -0.2) is 8.78 Å². The normalized spacial score (nSPS) is 22.3. The molecule has 1 aliphatic carbocycles. The number of fused-ring (bicyclic) bond motifs is 1. The average Bonchev–Trinajstić information content (AvgIpc) is 2.85. The molecule has 0 aromatic heterocycles. The van der Waals surface area contributed by atoms with Crippen LogP contribution in [-0.4, -0.2) is 49.6 Å². The molecule has 2 aliphatic heterocycles. The number of benzene rings is 2. The van der Waals surface area contributed by atoms with Crippen molar-refractivity contribution in [3.63, 3.8) is 0 Å². The number of halogens is 2. The van der Waals surface area contributed by atoms with Crippen LogP contribution in [0.25, 0.3) is 0 Å². The highest BCUT2D eigenvalue weighted by Gasteiger charge is 2.36. The molecule has 0 bridgehead atoms. The molecule has 33 heavy (non-hydrogen) atoms. The predicted molar refractivity (Wildman–Crippen MR) is 128 cm³/mol. The number of carbonyl (C=O) groups excluding carboxylic acids is 1. The third kappa shape index (κ3) is 4.77. The summed E-state index contributed by atoms with van der Waals surface area (Å²) in [6, 6.07) is 12.3. The van der Waals surface area contributed by atoms with Crippen molar-refractivity contribution in [2.75, 3.05) is 42.5 Å². The number of hydrogen-bond donors (Lipinski definition) is 0. The van der Waals surface area contributed by atoms with Crippen LogP contribution in [0.5, 0.6) is 0 Å². The number of nitrogens with zero attached hydrogens (tertiary/aromatic N) is 3. The van der Waals surface area contributed by atoms with E-state index in [1.54, 1.807) is 0 Å². The Morgan fingerprint density at radius 3 is 2.39 bits per heavy atom. The van der Waals surface area contributed by atoms with Gasteiger partial charge in [0.1, 0.15) is 11.6 Å². The summed E-state index contributed by atoms with van der Waals surface area (Å²) < 4.78 is 27.5. The van der Waals surface area contributed by atoms with Crippen molar-refractivity contribution in [2.45, 2.75) is 51.0 Å². The van der Waals surface area contributed by atoms with Crippen LogP contribution in [0.3, 0.4) is 0 Å². The molecule has 2 aromatic carbocycles. The van der Waals surface area contributed by atoms with Gasteiger partial charge in [-0.2, -0.15) is 0 Å². The van der Waals surface area contributed by atoms with Crippen LogP contribution in [-0.2, 0) is 11.2 Å². The maximum absolute atomic E-state index is 14.2. The molecular weight excluding hydrogens is 420 g/mol. The van der Waals surface area contributed by atoms with Crippen molar-refractivity contribution < 1.29 is 13.6 Å². The Balaban J connectivity index is 1.28. The first-order valence-corrected chi connectivity index (χ1v) is 12.4. The van der Waals surface area contributed by atoms with Crippen LogP contribution in [0.15, 0.2) is 42.5 Å². The Labute approximate surface area is 195 Å². The molecule has 1 unspecified atom stereocenters. The maximum Gasteiger partial charge on any atom is 0.230 e. The molecule has 2 fully saturated rings. The van der Waals surface area contributed by atoms with E-state index in [0.717, 1.165) is 69.9 Å². The van der Waals surface area contributed by atoms with E-state index in [0.29, 0.717) is 24.7 Å². The number of piperazine rings is 1. The Morgan fingerprint density at radius 1 is 0.879 bits per heavy atom. The van der Waals surface area contributed by atoms with E-state index in [-0.39, 0.29) is 12.0 Å². The fraction of sp³-hybridized carbons (Fsp3) is 0.519. The molecule has 1 atom stereocenters. The van der Waals surface area contributed by atoms with E-state index in [1.165, 1.54) is 24.1 Å². The molecular formula is C27H33F2N3O. The van der Waals surface area contributed by atoms with Crippen LogP contribution in [0.4, 0.5) is 20.2 Å². The van der Waals surface area contributed by atoms with E-state index in [2.05, 4.69) is 28.0 Å². The Hall–Kier alpha value is -2.47. The van der Waals surface area contributed by atoms with Gasteiger partial charge in [-0.15, -0.1) is 0 Å². The minimum Gasteiger partial charge on any atom is -0.367 e. The first-order chi connectivity index (χ1) is 16.1. The van der Waals surface area contributed by atoms with Crippen molar-refractivity contribution in [3.05, 3.63) is 59.7 Å². The van der Waals surface area contributed by atoms with Crippen LogP contribution in [0, 0.1) is 17.6 Å². The van der Waals surface area contributed by atoms with Crippen molar-refractivity contribution in [3.8, 4) is 0 Å². The lowest BCUT2D eigenvalue weighted by atomic mass is 9.86. The fourth-order valence-electron chi connectivity index (χ4n) is 5.83. The second kappa shape index (κ2) is 9.80. The molecule has 0 spiro atoms. The molecule has 4 nitrogen and oxygen atoms in total. The number of hydrogen-bond acceptors (Lipinski definition) is 3. The van der Waals surface area contributed by atoms with Crippen molar-refractivity contribution in [1.29, 1.82) is 0 Å². The largest absolute Gasteiger partial charge is 0.367 e. The number of para-hydroxylation sites is 1. The lowest BCUT2D eigenvalue weighted by Crippen LogP contribution is -2.55. The number of rotatable bonds is 4. The van der Waals surface area contributed by atoms with Gasteiger partial charge in [0.05, 0.1) is 5.69 Å². The SMILES string of the molecule is O=C(C1CCCCC1)N1c2ccccc2CCC1CN1CCN(c2ccc(F)cc2F)CC1. The van der Waals surface area contributed by atoms with Crippen LogP contribution in [0.1, 0.15) is 44.1 Å². The second-order valence-corrected chi connectivity index (χ2v) is 9.75. The average molecular weight is 454 g/mol. The summed E-state index contributed by atoms with van der Waals surface area (Å²) in [7, 11) is 0. The first-order valence-electron chi connectivity index (χ1n) is 12.4. The summed E-state index contributed by atoms with van der Waals surface area (Å²) >= 11 is 0. The summed E-state index contributed by atoms with van der Waals surface area (Å²) in [6.07, 6.45) is 7.52. The zero-order chi connectivity index (χ0) is 22.8. The molecule has 2 heterocycles. The zero-order valence-electron chi connectivity index (χ0n) is 19.2. The van der Waals surface area contributed by atoms with Gasteiger partial charge in [-0.1, -0.05) is 37.5 Å². The van der Waals surface area contributed by atoms with E-state index < -0.39 is 11.6 Å². The fourth-order valence-corrected chi connectivity index (χ4v) is 5.83. The minimum absolute atomic E-state index is 0.144. The topological polar surface area (TPSA) is 26.8 Å². The lowest BCUT2D eigenvalue weighted by molar-refractivity contribution is -0.124. The summed E-state index contributed by atoms with van der Waals surface area (Å²) in [5, 5.41) is 0. The standard InChI is InChI=1S/C27H33F2N3O/c28-22-11-13-26(24(29)18-22)31-16-14-30(15-17-31)19-23-12-10-20-6-4-5-9-25(20)32(23)27(33)21-7-2-1-3-8-21/h4-6,9,11,13,18,21,23H,1-3,7-8,10,12,14-17,19H2. The predicted octanol–water partition coefficient (Wildman–Crippen LogP) is 5.02. The van der Waals surface area contributed by atoms with Crippen molar-refractivity contribution >= 4 is 17.3 Å². The molecule has 3 aliphatic rings. The quantitative estimate of drug-likeness (QED) is 0.651. The molecule has 176 valence electrons. The molecule has 1 saturated heterocycles. The van der Waals surface area contributed by atoms with Crippen molar-refractivity contribution in [1.82, 2.24) is 4.90 Å². The summed E-state index contributed by atoms with van der Waals surface area (Å²) in [5.41, 5.74) is 2.84. The van der Waals surface area contributed by atoms with Gasteiger partial charge in [-0.05, 0) is 49.4 Å². The Morgan fingerprint density at radius 2 is 1.64 bits per heavy atom. The van der Waals surface area contributed by atoms with Crippen LogP contribution < -0.4 is 9.80 Å². The van der Waals surface area contributed by atoms with Gasteiger partial charge in [0, 0.05) is 56.4 Å². The van der Waals surface area contributed by atoms with E-state index in [1.807, 2.05) is 11.0 Å². The third-order valence-corrected chi connectivity index (χ3v) is 7.65. The van der Waals surface area contributed by atoms with Gasteiger partial charge in [0.2, 0.25) is 5.91 Å². The van der Waals surface area contributed by atoms with Crippen molar-refractivity contribution in [2.24, 2.45) is 5.92 Å². The van der Waals surface area contributed by atoms with Crippen LogP contribution >= 0.6 is 0 Å². The second-order valence-electron chi connectivity index (χ2n) is 9.75. The minimum atomic E-state index is -0.546. The van der Waals surface area contributed by atoms with Gasteiger partial charge in [0.15, 0.2) is 0 Å². The Kier molecular flexibility index (Phi) is 6.63. The van der Waals surface area contributed by atoms with Gasteiger partial charge >= 0.3 is 0 Å². The smallest absolute Gasteiger partial charge is 0.230 e. The molecule has 2 aromatic rings. The summed E-state index contributed by atoms with van der Waals surface area (Å²) in [5.74, 6) is -0.601. The van der Waals surface area contributed by atoms with Gasteiger partial charge < -0.3 is 9.80 Å². The molecule has 1 amide bonds. The summed E-state index contributed by atoms with van der Waals surface area (Å²) in [4.78, 5) is 20.2. The monoisotopic (exact) mass is 453 g/mol. The number of anilines is 2. The highest BCUT2D eigenvalue weighted by molar-refractivity contribution is 5.97. The molecule has 0 N–H and O–H groups in total. The summed E-state index contributed by atoms with van der Waals surface area (Å²) in [6.45, 7) is 3.85. The highest BCUT2D eigenvalue weighted by atomic mass is 19.1. The number of carbonyl (C=O) groups is 1. The third-order valence-electron chi connectivity index (χ3n) is 7.65. The maximum atomic E-state index is 14.2. The highest BCUT2D eigenvalue weighted by Crippen LogP contribution is 2.35. The number of amides is 1. The first kappa shape index (κ1) is 22.3. The molecule has 1 saturated carbocycles. The zero-order valence-corrected chi connectivity index (χ0v) is 19.2.